The number of morpholine rings is 1. The van der Waals surface area contributed by atoms with E-state index in [0.717, 1.165) is 24.5 Å². The Labute approximate surface area is 175 Å². The van der Waals surface area contributed by atoms with Crippen LogP contribution in [0.4, 0.5) is 11.4 Å². The molecule has 2 aliphatic heterocycles. The van der Waals surface area contributed by atoms with Gasteiger partial charge in [0.25, 0.3) is 5.91 Å². The maximum atomic E-state index is 12.1. The quantitative estimate of drug-likeness (QED) is 0.716. The van der Waals surface area contributed by atoms with Crippen LogP contribution < -0.4 is 15.2 Å². The zero-order chi connectivity index (χ0) is 21.3. The summed E-state index contributed by atoms with van der Waals surface area (Å²) in [5.41, 5.74) is 5.53. The van der Waals surface area contributed by atoms with Gasteiger partial charge in [-0.05, 0) is 41.8 Å². The van der Waals surface area contributed by atoms with Crippen molar-refractivity contribution in [3.05, 3.63) is 47.5 Å². The lowest BCUT2D eigenvalue weighted by Crippen LogP contribution is -2.46. The number of carbonyl (C=O) groups is 1. The van der Waals surface area contributed by atoms with Gasteiger partial charge in [0.05, 0.1) is 18.8 Å². The van der Waals surface area contributed by atoms with Crippen LogP contribution in [-0.4, -0.2) is 54.8 Å². The van der Waals surface area contributed by atoms with Gasteiger partial charge in [-0.3, -0.25) is 4.79 Å². The fraction of sp³-hybridized carbons (Fsp3) is 0.364. The molecule has 8 heteroatoms. The normalized spacial score (nSPS) is 17.2. The third kappa shape index (κ3) is 3.91. The predicted octanol–water partition coefficient (Wildman–Crippen LogP) is 2.36. The second kappa shape index (κ2) is 8.23. The molecule has 0 aromatic heterocycles. The zero-order valence-electron chi connectivity index (χ0n) is 17.1. The van der Waals surface area contributed by atoms with E-state index in [9.17, 15) is 15.0 Å². The van der Waals surface area contributed by atoms with Crippen molar-refractivity contribution in [2.75, 3.05) is 42.6 Å². The monoisotopic (exact) mass is 410 g/mol. The molecule has 0 saturated carbocycles. The van der Waals surface area contributed by atoms with Crippen molar-refractivity contribution in [2.24, 2.45) is 5.10 Å². The molecule has 1 amide bonds. The van der Waals surface area contributed by atoms with Gasteiger partial charge in [0.15, 0.2) is 5.84 Å². The van der Waals surface area contributed by atoms with E-state index in [4.69, 9.17) is 4.74 Å². The van der Waals surface area contributed by atoms with E-state index in [2.05, 4.69) is 15.4 Å². The second-order valence-corrected chi connectivity index (χ2v) is 7.76. The summed E-state index contributed by atoms with van der Waals surface area (Å²) < 4.78 is 5.41. The molecular formula is C22H26N4O4. The summed E-state index contributed by atoms with van der Waals surface area (Å²) in [6.07, 6.45) is 0. The lowest BCUT2D eigenvalue weighted by molar-refractivity contribution is -0.119. The van der Waals surface area contributed by atoms with Crippen LogP contribution in [0.5, 0.6) is 11.5 Å². The molecule has 4 rings (SSSR count). The summed E-state index contributed by atoms with van der Waals surface area (Å²) in [6, 6.07) is 11.0. The molecule has 3 N–H and O–H groups in total. The molecular weight excluding hydrogens is 384 g/mol. The highest BCUT2D eigenvalue weighted by molar-refractivity contribution is 6.15. The first kappa shape index (κ1) is 20.0. The van der Waals surface area contributed by atoms with Crippen LogP contribution in [0.25, 0.3) is 0 Å². The number of hydrazone groups is 1. The number of amides is 1. The van der Waals surface area contributed by atoms with Crippen LogP contribution >= 0.6 is 0 Å². The number of ether oxygens (including phenoxy) is 1. The number of benzene rings is 2. The van der Waals surface area contributed by atoms with Gasteiger partial charge in [0.1, 0.15) is 18.0 Å². The fourth-order valence-corrected chi connectivity index (χ4v) is 3.75. The molecule has 0 radical (unpaired) electrons. The maximum Gasteiger partial charge on any atom is 0.260 e. The lowest BCUT2D eigenvalue weighted by Gasteiger charge is -2.31. The van der Waals surface area contributed by atoms with Crippen LogP contribution in [0, 0.1) is 0 Å². The van der Waals surface area contributed by atoms with Gasteiger partial charge in [-0.15, -0.1) is 0 Å². The number of amidine groups is 1. The number of aromatic hydroxyl groups is 2. The van der Waals surface area contributed by atoms with E-state index in [0.29, 0.717) is 30.2 Å². The molecule has 1 fully saturated rings. The maximum absolute atomic E-state index is 12.1. The zero-order valence-corrected chi connectivity index (χ0v) is 17.1. The number of phenolic OH excluding ortho intramolecular Hbond substituents is 2. The molecule has 2 aliphatic rings. The highest BCUT2D eigenvalue weighted by Crippen LogP contribution is 2.34. The van der Waals surface area contributed by atoms with Crippen LogP contribution in [0.3, 0.4) is 0 Å². The molecule has 2 aromatic carbocycles. The number of rotatable bonds is 4. The van der Waals surface area contributed by atoms with Crippen molar-refractivity contribution in [3.63, 3.8) is 0 Å². The Morgan fingerprint density at radius 2 is 1.70 bits per heavy atom. The van der Waals surface area contributed by atoms with Crippen LogP contribution in [0.15, 0.2) is 41.5 Å². The van der Waals surface area contributed by atoms with Crippen molar-refractivity contribution in [1.82, 2.24) is 5.43 Å². The van der Waals surface area contributed by atoms with E-state index < -0.39 is 0 Å². The molecule has 1 saturated heterocycles. The first-order chi connectivity index (χ1) is 14.4. The van der Waals surface area contributed by atoms with E-state index in [1.807, 2.05) is 38.1 Å². The minimum Gasteiger partial charge on any atom is -0.508 e. The highest BCUT2D eigenvalue weighted by atomic mass is 16.5. The van der Waals surface area contributed by atoms with E-state index in [1.165, 1.54) is 6.07 Å². The largest absolute Gasteiger partial charge is 0.508 e. The van der Waals surface area contributed by atoms with Crippen LogP contribution in [-0.2, 0) is 9.53 Å². The second-order valence-electron chi connectivity index (χ2n) is 7.76. The third-order valence-electron chi connectivity index (χ3n) is 5.39. The molecule has 0 unspecified atom stereocenters. The molecule has 2 heterocycles. The minimum absolute atomic E-state index is 0.0353. The number of carbonyl (C=O) groups excluding carboxylic acids is 1. The summed E-state index contributed by atoms with van der Waals surface area (Å²) in [5, 5.41) is 24.9. The van der Waals surface area contributed by atoms with Gasteiger partial charge >= 0.3 is 0 Å². The molecule has 8 nitrogen and oxygen atoms in total. The van der Waals surface area contributed by atoms with E-state index >= 15 is 0 Å². The predicted molar refractivity (Wildman–Crippen MR) is 115 cm³/mol. The van der Waals surface area contributed by atoms with Gasteiger partial charge in [0, 0.05) is 30.5 Å². The first-order valence-electron chi connectivity index (χ1n) is 10.1. The number of hydrogen-bond donors (Lipinski definition) is 3. The smallest absolute Gasteiger partial charge is 0.260 e. The SMILES string of the molecule is CC(C)c1cc(C2=NNC(=O)CN2c2ccc(N3CCOCC3)cc2)c(O)cc1O. The van der Waals surface area contributed by atoms with Crippen molar-refractivity contribution < 1.29 is 19.7 Å². The van der Waals surface area contributed by atoms with Crippen molar-refractivity contribution in [3.8, 4) is 11.5 Å². The number of nitrogens with zero attached hydrogens (tertiary/aromatic N) is 3. The van der Waals surface area contributed by atoms with Gasteiger partial charge < -0.3 is 24.7 Å². The summed E-state index contributed by atoms with van der Waals surface area (Å²) in [5.74, 6) is 0.186. The molecule has 0 atom stereocenters. The van der Waals surface area contributed by atoms with Crippen molar-refractivity contribution in [2.45, 2.75) is 19.8 Å². The molecule has 0 aliphatic carbocycles. The third-order valence-corrected chi connectivity index (χ3v) is 5.39. The van der Waals surface area contributed by atoms with Crippen molar-refractivity contribution in [1.29, 1.82) is 0 Å². The lowest BCUT2D eigenvalue weighted by atomic mass is 9.98. The average Bonchev–Trinajstić information content (AvgIpc) is 2.75. The Balaban J connectivity index is 1.68. The molecule has 2 aromatic rings. The Kier molecular flexibility index (Phi) is 5.50. The van der Waals surface area contributed by atoms with Gasteiger partial charge in [-0.2, -0.15) is 5.10 Å². The summed E-state index contributed by atoms with van der Waals surface area (Å²) >= 11 is 0. The minimum atomic E-state index is -0.238. The summed E-state index contributed by atoms with van der Waals surface area (Å²) in [6.45, 7) is 7.11. The van der Waals surface area contributed by atoms with Crippen LogP contribution in [0.1, 0.15) is 30.9 Å². The Bertz CT molecular complexity index is 966. The average molecular weight is 410 g/mol. The van der Waals surface area contributed by atoms with Gasteiger partial charge in [-0.25, -0.2) is 5.43 Å². The Morgan fingerprint density at radius 1 is 1.03 bits per heavy atom. The molecule has 0 spiro atoms. The standard InChI is InChI=1S/C22H26N4O4/c1-14(2)17-11-18(20(28)12-19(17)27)22-24-23-21(29)13-26(22)16-5-3-15(4-6-16)25-7-9-30-10-8-25/h3-6,11-12,14,27-28H,7-10,13H2,1-2H3,(H,23,29). The number of hydrogen-bond acceptors (Lipinski definition) is 7. The Morgan fingerprint density at radius 3 is 2.37 bits per heavy atom. The summed E-state index contributed by atoms with van der Waals surface area (Å²) in [7, 11) is 0. The first-order valence-corrected chi connectivity index (χ1v) is 10.1. The fourth-order valence-electron chi connectivity index (χ4n) is 3.75. The molecule has 0 bridgehead atoms. The molecule has 30 heavy (non-hydrogen) atoms. The van der Waals surface area contributed by atoms with Crippen LogP contribution in [0.2, 0.25) is 0 Å². The Hall–Kier alpha value is -3.26. The van der Waals surface area contributed by atoms with Gasteiger partial charge in [0.2, 0.25) is 0 Å². The molecule has 158 valence electrons. The highest BCUT2D eigenvalue weighted by Gasteiger charge is 2.27. The summed E-state index contributed by atoms with van der Waals surface area (Å²) in [4.78, 5) is 16.1. The topological polar surface area (TPSA) is 97.6 Å². The van der Waals surface area contributed by atoms with Crippen molar-refractivity contribution >= 4 is 23.1 Å². The number of anilines is 2. The number of phenols is 2. The van der Waals surface area contributed by atoms with E-state index in [-0.39, 0.29) is 29.9 Å². The number of nitrogens with one attached hydrogen (secondary N) is 1. The van der Waals surface area contributed by atoms with E-state index in [1.54, 1.807) is 11.0 Å². The van der Waals surface area contributed by atoms with Gasteiger partial charge in [-0.1, -0.05) is 13.8 Å².